The predicted molar refractivity (Wildman–Crippen MR) is 119 cm³/mol. The summed E-state index contributed by atoms with van der Waals surface area (Å²) >= 11 is 0. The minimum atomic E-state index is 0. The molecule has 0 saturated carbocycles. The van der Waals surface area contributed by atoms with Gasteiger partial charge in [0.1, 0.15) is 0 Å². The molecule has 154 valence electrons. The Morgan fingerprint density at radius 2 is 1.66 bits per heavy atom. The number of ether oxygens (including phenoxy) is 2. The van der Waals surface area contributed by atoms with E-state index in [0.29, 0.717) is 17.4 Å². The van der Waals surface area contributed by atoms with Gasteiger partial charge in [-0.3, -0.25) is 9.69 Å². The second-order valence-corrected chi connectivity index (χ2v) is 8.07. The Morgan fingerprint density at radius 3 is 2.31 bits per heavy atom. The third-order valence-electron chi connectivity index (χ3n) is 6.29. The van der Waals surface area contributed by atoms with E-state index in [1.54, 1.807) is 14.2 Å². The van der Waals surface area contributed by atoms with Gasteiger partial charge < -0.3 is 9.47 Å². The first-order valence-corrected chi connectivity index (χ1v) is 10.2. The molecule has 0 amide bonds. The number of benzene rings is 2. The van der Waals surface area contributed by atoms with E-state index in [0.717, 1.165) is 43.6 Å². The van der Waals surface area contributed by atoms with Crippen LogP contribution >= 0.6 is 0 Å². The van der Waals surface area contributed by atoms with E-state index in [9.17, 15) is 4.79 Å². The fourth-order valence-corrected chi connectivity index (χ4v) is 4.71. The van der Waals surface area contributed by atoms with Gasteiger partial charge in [0.25, 0.3) is 0 Å². The first kappa shape index (κ1) is 22.3. The van der Waals surface area contributed by atoms with Crippen LogP contribution in [0.2, 0.25) is 0 Å². The first-order chi connectivity index (χ1) is 13.7. The van der Waals surface area contributed by atoms with Crippen LogP contribution in [0.15, 0.2) is 42.5 Å². The van der Waals surface area contributed by atoms with Gasteiger partial charge in [-0.15, -0.1) is 0 Å². The SMILES string of the molecule is COc1cc2c(cc1OC)C(=O)C(CC1CCN(Cc3ccccc3)CC1)C2.[PbH2]. The van der Waals surface area contributed by atoms with Gasteiger partial charge in [0, 0.05) is 18.0 Å². The first-order valence-electron chi connectivity index (χ1n) is 10.2. The fourth-order valence-electron chi connectivity index (χ4n) is 4.71. The Labute approximate surface area is 193 Å². The standard InChI is InChI=1S/C24H29NO3.Pb.2H/c1-27-22-14-19-13-20(24(26)21(19)15-23(22)28-2)12-17-8-10-25(11-9-17)16-18-6-4-3-5-7-18;;;/h3-7,14-15,17,20H,8-13,16H2,1-2H3;;;. The van der Waals surface area contributed by atoms with Crippen molar-refractivity contribution in [3.63, 3.8) is 0 Å². The molecule has 5 heteroatoms. The molecular weight excluding hydrogens is 557 g/mol. The Balaban J connectivity index is 0.00000240. The molecule has 0 bridgehead atoms. The van der Waals surface area contributed by atoms with E-state index >= 15 is 0 Å². The second kappa shape index (κ2) is 10.1. The third kappa shape index (κ3) is 5.02. The molecule has 2 aromatic carbocycles. The number of rotatable bonds is 6. The van der Waals surface area contributed by atoms with Crippen LogP contribution in [0.4, 0.5) is 0 Å². The summed E-state index contributed by atoms with van der Waals surface area (Å²) in [5.74, 6) is 2.38. The molecule has 1 unspecified atom stereocenters. The molecule has 2 aliphatic rings. The van der Waals surface area contributed by atoms with Gasteiger partial charge in [0.2, 0.25) is 0 Å². The maximum absolute atomic E-state index is 12.9. The van der Waals surface area contributed by atoms with E-state index in [1.807, 2.05) is 12.1 Å². The van der Waals surface area contributed by atoms with Crippen LogP contribution < -0.4 is 9.47 Å². The number of piperidine rings is 1. The number of hydrogen-bond donors (Lipinski definition) is 0. The van der Waals surface area contributed by atoms with E-state index in [4.69, 9.17) is 9.47 Å². The Morgan fingerprint density at radius 1 is 1.00 bits per heavy atom. The zero-order chi connectivity index (χ0) is 19.5. The number of nitrogens with zero attached hydrogens (tertiary/aromatic N) is 1. The average molecular weight is 589 g/mol. The van der Waals surface area contributed by atoms with Crippen LogP contribution in [0.3, 0.4) is 0 Å². The van der Waals surface area contributed by atoms with E-state index in [1.165, 1.54) is 18.4 Å². The zero-order valence-corrected chi connectivity index (χ0v) is 23.0. The van der Waals surface area contributed by atoms with Crippen molar-refractivity contribution >= 4 is 33.1 Å². The fraction of sp³-hybridized carbons (Fsp3) is 0.458. The van der Waals surface area contributed by atoms with Gasteiger partial charge in [0.05, 0.1) is 14.2 Å². The molecule has 29 heavy (non-hydrogen) atoms. The van der Waals surface area contributed by atoms with Crippen molar-refractivity contribution in [3.8, 4) is 11.5 Å². The van der Waals surface area contributed by atoms with Gasteiger partial charge >= 0.3 is 27.3 Å². The molecule has 2 radical (unpaired) electrons. The molecule has 1 aliphatic heterocycles. The number of fused-ring (bicyclic) bond motifs is 1. The Kier molecular flexibility index (Phi) is 7.74. The number of likely N-dealkylation sites (tertiary alicyclic amines) is 1. The average Bonchev–Trinajstić information content (AvgIpc) is 3.03. The third-order valence-corrected chi connectivity index (χ3v) is 6.29. The molecule has 1 saturated heterocycles. The molecule has 1 heterocycles. The zero-order valence-electron chi connectivity index (χ0n) is 17.5. The van der Waals surface area contributed by atoms with Crippen LogP contribution in [0, 0.1) is 11.8 Å². The molecule has 4 nitrogen and oxygen atoms in total. The van der Waals surface area contributed by atoms with Gasteiger partial charge in [-0.25, -0.2) is 0 Å². The van der Waals surface area contributed by atoms with Crippen molar-refractivity contribution in [2.24, 2.45) is 11.8 Å². The molecule has 1 aliphatic carbocycles. The van der Waals surface area contributed by atoms with Gasteiger partial charge in [-0.05, 0) is 68.0 Å². The molecule has 0 spiro atoms. The topological polar surface area (TPSA) is 38.8 Å². The van der Waals surface area contributed by atoms with Gasteiger partial charge in [0.15, 0.2) is 17.3 Å². The Bertz CT molecular complexity index is 832. The molecule has 4 rings (SSSR count). The quantitative estimate of drug-likeness (QED) is 0.485. The summed E-state index contributed by atoms with van der Waals surface area (Å²) in [7, 11) is 3.26. The van der Waals surface area contributed by atoms with E-state index in [-0.39, 0.29) is 39.0 Å². The maximum atomic E-state index is 12.9. The second-order valence-electron chi connectivity index (χ2n) is 8.07. The van der Waals surface area contributed by atoms with Crippen molar-refractivity contribution in [1.82, 2.24) is 4.90 Å². The van der Waals surface area contributed by atoms with Crippen molar-refractivity contribution in [2.75, 3.05) is 27.3 Å². The van der Waals surface area contributed by atoms with Crippen LogP contribution in [-0.2, 0) is 13.0 Å². The van der Waals surface area contributed by atoms with Gasteiger partial charge in [-0.2, -0.15) is 0 Å². The van der Waals surface area contributed by atoms with Crippen molar-refractivity contribution in [3.05, 3.63) is 59.2 Å². The molecule has 0 aromatic heterocycles. The monoisotopic (exact) mass is 589 g/mol. The van der Waals surface area contributed by atoms with Crippen molar-refractivity contribution in [1.29, 1.82) is 0 Å². The number of Topliss-reactive ketones (excluding diaryl/α,β-unsaturated/α-hetero) is 1. The van der Waals surface area contributed by atoms with Crippen LogP contribution in [0.5, 0.6) is 11.5 Å². The van der Waals surface area contributed by atoms with Gasteiger partial charge in [-0.1, -0.05) is 30.3 Å². The molecule has 0 N–H and O–H groups in total. The van der Waals surface area contributed by atoms with Crippen molar-refractivity contribution in [2.45, 2.75) is 32.2 Å². The molecule has 1 fully saturated rings. The molecular formula is C24H31NO3Pb. The number of methoxy groups -OCH3 is 2. The van der Waals surface area contributed by atoms with Crippen LogP contribution in [-0.4, -0.2) is 65.3 Å². The summed E-state index contributed by atoms with van der Waals surface area (Å²) in [5.41, 5.74) is 3.31. The number of carbonyl (C=O) groups excluding carboxylic acids is 1. The number of hydrogen-bond acceptors (Lipinski definition) is 4. The normalized spacial score (nSPS) is 19.5. The van der Waals surface area contributed by atoms with E-state index < -0.39 is 0 Å². The minimum absolute atomic E-state index is 0. The summed E-state index contributed by atoms with van der Waals surface area (Å²) in [4.78, 5) is 15.5. The van der Waals surface area contributed by atoms with Crippen LogP contribution in [0.1, 0.15) is 40.7 Å². The molecule has 1 atom stereocenters. The molecule has 2 aromatic rings. The number of ketones is 1. The summed E-state index contributed by atoms with van der Waals surface area (Å²) in [6, 6.07) is 14.5. The number of carbonyl (C=O) groups is 1. The Hall–Kier alpha value is -1.41. The van der Waals surface area contributed by atoms with Crippen LogP contribution in [0.25, 0.3) is 0 Å². The summed E-state index contributed by atoms with van der Waals surface area (Å²) in [6.45, 7) is 3.27. The van der Waals surface area contributed by atoms with E-state index in [2.05, 4.69) is 35.2 Å². The summed E-state index contributed by atoms with van der Waals surface area (Å²) in [6.07, 6.45) is 4.19. The summed E-state index contributed by atoms with van der Waals surface area (Å²) < 4.78 is 10.8. The summed E-state index contributed by atoms with van der Waals surface area (Å²) in [5, 5.41) is 0. The predicted octanol–water partition coefficient (Wildman–Crippen LogP) is 3.44. The van der Waals surface area contributed by atoms with Crippen molar-refractivity contribution < 1.29 is 14.3 Å².